The third-order valence-corrected chi connectivity index (χ3v) is 6.06. The Bertz CT molecular complexity index is 1270. The van der Waals surface area contributed by atoms with E-state index in [-0.39, 0.29) is 11.3 Å². The summed E-state index contributed by atoms with van der Waals surface area (Å²) in [5, 5.41) is 14.5. The van der Waals surface area contributed by atoms with Gasteiger partial charge in [-0.1, -0.05) is 23.7 Å². The summed E-state index contributed by atoms with van der Waals surface area (Å²) in [4.78, 5) is 32.5. The second-order valence-corrected chi connectivity index (χ2v) is 8.95. The van der Waals surface area contributed by atoms with E-state index in [1.165, 1.54) is 6.20 Å². The fourth-order valence-electron chi connectivity index (χ4n) is 4.05. The summed E-state index contributed by atoms with van der Waals surface area (Å²) in [6.07, 6.45) is 3.62. The molecule has 8 nitrogen and oxygen atoms in total. The van der Waals surface area contributed by atoms with Crippen LogP contribution in [0.3, 0.4) is 0 Å². The van der Waals surface area contributed by atoms with Crippen LogP contribution in [0.15, 0.2) is 54.7 Å². The van der Waals surface area contributed by atoms with E-state index < -0.39 is 11.8 Å². The summed E-state index contributed by atoms with van der Waals surface area (Å²) in [5.74, 6) is 0.355. The number of pyridine rings is 1. The van der Waals surface area contributed by atoms with Crippen molar-refractivity contribution in [3.63, 3.8) is 0 Å². The quantitative estimate of drug-likeness (QED) is 0.295. The Balaban J connectivity index is 1.58. The molecule has 9 heteroatoms. The molecule has 36 heavy (non-hydrogen) atoms. The Kier molecular flexibility index (Phi) is 7.85. The molecule has 0 bridgehead atoms. The lowest BCUT2D eigenvalue weighted by atomic mass is 10.1. The van der Waals surface area contributed by atoms with Gasteiger partial charge in [-0.3, -0.25) is 15.0 Å². The van der Waals surface area contributed by atoms with Crippen molar-refractivity contribution in [3.05, 3.63) is 82.0 Å². The smallest absolute Gasteiger partial charge is 0.259 e. The minimum absolute atomic E-state index is 0.246. The van der Waals surface area contributed by atoms with Gasteiger partial charge in [-0.25, -0.2) is 4.98 Å². The number of likely N-dealkylation sites (tertiary alicyclic amines) is 1. The van der Waals surface area contributed by atoms with Gasteiger partial charge in [0.05, 0.1) is 22.9 Å². The molecule has 0 saturated carbocycles. The SMILES string of the molecule is CCOc1cc(C)cc(C(=O)Nc2ccc(Cl)cn2)c1NC(=O)c1ccc(C(=N)N2CCCC2)cc1. The van der Waals surface area contributed by atoms with Gasteiger partial charge in [0.2, 0.25) is 0 Å². The number of aryl methyl sites for hydroxylation is 1. The lowest BCUT2D eigenvalue weighted by molar-refractivity contribution is 0.102. The number of hydrogen-bond donors (Lipinski definition) is 3. The fraction of sp³-hybridized carbons (Fsp3) is 0.259. The van der Waals surface area contributed by atoms with Crippen molar-refractivity contribution in [2.75, 3.05) is 30.3 Å². The molecule has 3 N–H and O–H groups in total. The number of anilines is 2. The highest BCUT2D eigenvalue weighted by atomic mass is 35.5. The van der Waals surface area contributed by atoms with Crippen molar-refractivity contribution in [2.45, 2.75) is 26.7 Å². The molecule has 0 unspecified atom stereocenters. The average molecular weight is 506 g/mol. The summed E-state index contributed by atoms with van der Waals surface area (Å²) >= 11 is 5.89. The zero-order valence-corrected chi connectivity index (χ0v) is 21.0. The van der Waals surface area contributed by atoms with Crippen molar-refractivity contribution in [1.82, 2.24) is 9.88 Å². The summed E-state index contributed by atoms with van der Waals surface area (Å²) in [5.41, 5.74) is 2.48. The highest BCUT2D eigenvalue weighted by molar-refractivity contribution is 6.30. The van der Waals surface area contributed by atoms with Crippen molar-refractivity contribution in [2.24, 2.45) is 0 Å². The Morgan fingerprint density at radius 1 is 1.03 bits per heavy atom. The molecule has 1 aliphatic rings. The van der Waals surface area contributed by atoms with E-state index >= 15 is 0 Å². The van der Waals surface area contributed by atoms with Gasteiger partial charge in [-0.2, -0.15) is 0 Å². The Hall–Kier alpha value is -3.91. The molecule has 1 fully saturated rings. The van der Waals surface area contributed by atoms with Crippen LogP contribution in [-0.2, 0) is 0 Å². The molecule has 0 aliphatic carbocycles. The standard InChI is InChI=1S/C27H28ClN5O3/c1-3-36-22-15-17(2)14-21(27(35)31-23-11-10-20(28)16-30-23)24(22)32-26(34)19-8-6-18(7-9-19)25(29)33-12-4-5-13-33/h6-11,14-16,29H,3-5,12-13H2,1-2H3,(H,32,34)(H,30,31,35). The Labute approximate surface area is 215 Å². The summed E-state index contributed by atoms with van der Waals surface area (Å²) in [6.45, 7) is 5.80. The highest BCUT2D eigenvalue weighted by Gasteiger charge is 2.21. The lowest BCUT2D eigenvalue weighted by Gasteiger charge is -2.19. The number of halogens is 1. The first-order chi connectivity index (χ1) is 17.4. The van der Waals surface area contributed by atoms with Crippen LogP contribution in [0, 0.1) is 12.3 Å². The molecular formula is C27H28ClN5O3. The van der Waals surface area contributed by atoms with Crippen molar-refractivity contribution in [3.8, 4) is 5.75 Å². The van der Waals surface area contributed by atoms with Gasteiger partial charge in [0.25, 0.3) is 11.8 Å². The predicted octanol–water partition coefficient (Wildman–Crippen LogP) is 5.37. The second-order valence-electron chi connectivity index (χ2n) is 8.51. The largest absolute Gasteiger partial charge is 0.492 e. The van der Waals surface area contributed by atoms with E-state index in [2.05, 4.69) is 15.6 Å². The van der Waals surface area contributed by atoms with Crippen LogP contribution in [0.25, 0.3) is 0 Å². The number of rotatable bonds is 7. The van der Waals surface area contributed by atoms with Crippen LogP contribution in [0.4, 0.5) is 11.5 Å². The molecule has 1 aromatic heterocycles. The van der Waals surface area contributed by atoms with Crippen LogP contribution in [0.2, 0.25) is 5.02 Å². The van der Waals surface area contributed by atoms with E-state index in [4.69, 9.17) is 21.7 Å². The summed E-state index contributed by atoms with van der Waals surface area (Å²) in [7, 11) is 0. The highest BCUT2D eigenvalue weighted by Crippen LogP contribution is 2.32. The third-order valence-electron chi connectivity index (χ3n) is 5.84. The van der Waals surface area contributed by atoms with Crippen molar-refractivity contribution in [1.29, 1.82) is 5.41 Å². The molecule has 2 heterocycles. The average Bonchev–Trinajstić information content (AvgIpc) is 3.41. The van der Waals surface area contributed by atoms with E-state index in [0.717, 1.165) is 37.1 Å². The number of ether oxygens (including phenoxy) is 1. The monoisotopic (exact) mass is 505 g/mol. The molecule has 1 saturated heterocycles. The number of nitrogens with one attached hydrogen (secondary N) is 3. The van der Waals surface area contributed by atoms with Crippen molar-refractivity contribution >= 4 is 40.8 Å². The minimum Gasteiger partial charge on any atom is -0.492 e. The maximum absolute atomic E-state index is 13.2. The van der Waals surface area contributed by atoms with E-state index in [0.29, 0.717) is 34.6 Å². The molecule has 1 aliphatic heterocycles. The second kappa shape index (κ2) is 11.2. The number of amides is 2. The van der Waals surface area contributed by atoms with E-state index in [1.807, 2.05) is 18.7 Å². The van der Waals surface area contributed by atoms with Gasteiger partial charge in [0, 0.05) is 30.4 Å². The Morgan fingerprint density at radius 3 is 2.36 bits per heavy atom. The van der Waals surface area contributed by atoms with E-state index in [1.54, 1.807) is 48.5 Å². The first-order valence-corrected chi connectivity index (χ1v) is 12.2. The topological polar surface area (TPSA) is 107 Å². The maximum Gasteiger partial charge on any atom is 0.259 e. The molecule has 0 spiro atoms. The first-order valence-electron chi connectivity index (χ1n) is 11.8. The third kappa shape index (κ3) is 5.83. The number of carbonyl (C=O) groups excluding carboxylic acids is 2. The number of benzene rings is 2. The maximum atomic E-state index is 13.2. The molecule has 0 radical (unpaired) electrons. The predicted molar refractivity (Wildman–Crippen MR) is 142 cm³/mol. The van der Waals surface area contributed by atoms with Gasteiger partial charge in [0.15, 0.2) is 0 Å². The number of nitrogens with zero attached hydrogens (tertiary/aromatic N) is 2. The van der Waals surface area contributed by atoms with E-state index in [9.17, 15) is 9.59 Å². The number of hydrogen-bond acceptors (Lipinski definition) is 5. The molecule has 3 aromatic rings. The molecular weight excluding hydrogens is 478 g/mol. The molecule has 2 amide bonds. The lowest BCUT2D eigenvalue weighted by Crippen LogP contribution is -2.27. The zero-order chi connectivity index (χ0) is 25.7. The minimum atomic E-state index is -0.445. The summed E-state index contributed by atoms with van der Waals surface area (Å²) < 4.78 is 5.76. The van der Waals surface area contributed by atoms with Crippen LogP contribution in [0.1, 0.15) is 51.6 Å². The summed E-state index contributed by atoms with van der Waals surface area (Å²) in [6, 6.07) is 13.6. The number of carbonyl (C=O) groups is 2. The van der Waals surface area contributed by atoms with Crippen LogP contribution in [-0.4, -0.2) is 47.2 Å². The van der Waals surface area contributed by atoms with Crippen LogP contribution >= 0.6 is 11.6 Å². The van der Waals surface area contributed by atoms with Gasteiger partial charge < -0.3 is 20.3 Å². The molecule has 2 aromatic carbocycles. The van der Waals surface area contributed by atoms with Gasteiger partial charge in [-0.05, 0) is 68.7 Å². The Morgan fingerprint density at radius 2 is 1.72 bits per heavy atom. The van der Waals surface area contributed by atoms with Crippen molar-refractivity contribution < 1.29 is 14.3 Å². The number of aromatic nitrogens is 1. The van der Waals surface area contributed by atoms with Gasteiger partial charge in [0.1, 0.15) is 17.4 Å². The van der Waals surface area contributed by atoms with Gasteiger partial charge in [-0.15, -0.1) is 0 Å². The van der Waals surface area contributed by atoms with Gasteiger partial charge >= 0.3 is 0 Å². The molecule has 186 valence electrons. The normalized spacial score (nSPS) is 12.8. The van der Waals surface area contributed by atoms with Crippen LogP contribution < -0.4 is 15.4 Å². The zero-order valence-electron chi connectivity index (χ0n) is 20.2. The fourth-order valence-corrected chi connectivity index (χ4v) is 4.16. The molecule has 4 rings (SSSR count). The van der Waals surface area contributed by atoms with Crippen LogP contribution in [0.5, 0.6) is 5.75 Å². The molecule has 0 atom stereocenters. The number of amidine groups is 1. The first kappa shape index (κ1) is 25.2.